The third kappa shape index (κ3) is 37.8. The maximum atomic E-state index is 12.6. The quantitative estimate of drug-likeness (QED) is 0.0287. The monoisotopic (exact) mass is 741 g/mol. The number of phosphoric ester groups is 1. The zero-order chi connectivity index (χ0) is 37.5. The van der Waals surface area contributed by atoms with Crippen LogP contribution in [-0.4, -0.2) is 42.8 Å². The molecule has 8 nitrogen and oxygen atoms in total. The van der Waals surface area contributed by atoms with Gasteiger partial charge in [-0.1, -0.05) is 153 Å². The highest BCUT2D eigenvalue weighted by molar-refractivity contribution is 7.47. The van der Waals surface area contributed by atoms with Gasteiger partial charge >= 0.3 is 19.8 Å². The molecular formula is C42H77O8P. The highest BCUT2D eigenvalue weighted by atomic mass is 31.2. The molecule has 0 aliphatic heterocycles. The molecule has 2 atom stereocenters. The van der Waals surface area contributed by atoms with Gasteiger partial charge in [-0.3, -0.25) is 18.6 Å². The van der Waals surface area contributed by atoms with E-state index in [1.165, 1.54) is 89.9 Å². The molecule has 0 aromatic rings. The third-order valence-electron chi connectivity index (χ3n) is 8.77. The van der Waals surface area contributed by atoms with E-state index in [0.29, 0.717) is 19.3 Å². The van der Waals surface area contributed by atoms with Crippen LogP contribution in [0.25, 0.3) is 0 Å². The molecule has 298 valence electrons. The van der Waals surface area contributed by atoms with Gasteiger partial charge in [0.15, 0.2) is 6.10 Å². The number of esters is 2. The number of ether oxygens (including phenoxy) is 2. The first-order valence-electron chi connectivity index (χ1n) is 20.7. The molecule has 0 aromatic carbocycles. The van der Waals surface area contributed by atoms with Gasteiger partial charge in [0.1, 0.15) is 6.61 Å². The molecule has 0 aliphatic carbocycles. The Morgan fingerprint density at radius 3 is 1.61 bits per heavy atom. The van der Waals surface area contributed by atoms with Crippen molar-refractivity contribution < 1.29 is 37.6 Å². The van der Waals surface area contributed by atoms with Crippen molar-refractivity contribution in [1.29, 1.82) is 0 Å². The van der Waals surface area contributed by atoms with Crippen molar-refractivity contribution in [3.8, 4) is 0 Å². The lowest BCUT2D eigenvalue weighted by Crippen LogP contribution is -2.29. The molecule has 0 amide bonds. The number of hydrogen-bond acceptors (Lipinski definition) is 7. The maximum Gasteiger partial charge on any atom is 0.472 e. The first kappa shape index (κ1) is 49.3. The van der Waals surface area contributed by atoms with Crippen LogP contribution in [0, 0.1) is 0 Å². The average Bonchev–Trinajstić information content (AvgIpc) is 3.11. The van der Waals surface area contributed by atoms with E-state index in [2.05, 4.69) is 44.7 Å². The number of hydrogen-bond donors (Lipinski definition) is 1. The molecule has 0 rings (SSSR count). The lowest BCUT2D eigenvalue weighted by Gasteiger charge is -2.20. The summed E-state index contributed by atoms with van der Waals surface area (Å²) in [7, 11) is -4.35. The molecule has 0 aliphatic rings. The van der Waals surface area contributed by atoms with Gasteiger partial charge in [-0.15, -0.1) is 6.58 Å². The van der Waals surface area contributed by atoms with Crippen LogP contribution in [0.4, 0.5) is 0 Å². The summed E-state index contributed by atoms with van der Waals surface area (Å²) in [6, 6.07) is 0. The van der Waals surface area contributed by atoms with Gasteiger partial charge in [-0.2, -0.15) is 0 Å². The Bertz CT molecular complexity index is 919. The van der Waals surface area contributed by atoms with E-state index in [1.54, 1.807) is 6.08 Å². The third-order valence-corrected chi connectivity index (χ3v) is 9.76. The maximum absolute atomic E-state index is 12.6. The van der Waals surface area contributed by atoms with Gasteiger partial charge in [-0.05, 0) is 57.8 Å². The first-order chi connectivity index (χ1) is 24.8. The predicted molar refractivity (Wildman–Crippen MR) is 212 cm³/mol. The predicted octanol–water partition coefficient (Wildman–Crippen LogP) is 12.8. The van der Waals surface area contributed by atoms with Crippen LogP contribution in [0.1, 0.15) is 194 Å². The minimum absolute atomic E-state index is 0.0329. The second-order valence-corrected chi connectivity index (χ2v) is 15.3. The Hall–Kier alpha value is -1.73. The van der Waals surface area contributed by atoms with Crippen LogP contribution in [0.2, 0.25) is 0 Å². The second-order valence-electron chi connectivity index (χ2n) is 13.8. The van der Waals surface area contributed by atoms with Gasteiger partial charge in [-0.25, -0.2) is 4.57 Å². The molecule has 1 unspecified atom stereocenters. The molecule has 0 saturated carbocycles. The normalized spacial score (nSPS) is 13.5. The lowest BCUT2D eigenvalue weighted by molar-refractivity contribution is -0.161. The molecule has 0 saturated heterocycles. The van der Waals surface area contributed by atoms with Gasteiger partial charge in [0.25, 0.3) is 0 Å². The SMILES string of the molecule is C=CCCCOP(=O)(O)OC[C@@H](COC(=O)CCCCCCCCCCCCCCC)OC(=O)CCCCCCC/C=C\C/C=C\CCCCC. The molecule has 0 radical (unpaired) electrons. The number of carbonyl (C=O) groups excluding carboxylic acids is 2. The molecular weight excluding hydrogens is 663 g/mol. The van der Waals surface area contributed by atoms with Crippen molar-refractivity contribution in [3.63, 3.8) is 0 Å². The molecule has 0 bridgehead atoms. The molecule has 0 heterocycles. The highest BCUT2D eigenvalue weighted by Gasteiger charge is 2.26. The van der Waals surface area contributed by atoms with E-state index >= 15 is 0 Å². The number of rotatable bonds is 39. The summed E-state index contributed by atoms with van der Waals surface area (Å²) in [6.07, 6.45) is 39.3. The van der Waals surface area contributed by atoms with Crippen molar-refractivity contribution in [2.75, 3.05) is 19.8 Å². The molecule has 9 heteroatoms. The number of unbranched alkanes of at least 4 members (excludes halogenated alkanes) is 21. The summed E-state index contributed by atoms with van der Waals surface area (Å²) in [5.74, 6) is -0.817. The van der Waals surface area contributed by atoms with Gasteiger partial charge in [0.2, 0.25) is 0 Å². The number of allylic oxidation sites excluding steroid dienone is 5. The first-order valence-corrected chi connectivity index (χ1v) is 22.2. The van der Waals surface area contributed by atoms with E-state index < -0.39 is 26.5 Å². The molecule has 0 spiro atoms. The Morgan fingerprint density at radius 2 is 1.06 bits per heavy atom. The largest absolute Gasteiger partial charge is 0.472 e. The minimum Gasteiger partial charge on any atom is -0.462 e. The van der Waals surface area contributed by atoms with Crippen molar-refractivity contribution in [2.45, 2.75) is 200 Å². The van der Waals surface area contributed by atoms with Crippen LogP contribution in [0.3, 0.4) is 0 Å². The Balaban J connectivity index is 4.33. The summed E-state index contributed by atoms with van der Waals surface area (Å²) in [6.45, 7) is 7.48. The van der Waals surface area contributed by atoms with E-state index in [1.807, 2.05) is 0 Å². The molecule has 0 aromatic heterocycles. The van der Waals surface area contributed by atoms with Crippen molar-refractivity contribution >= 4 is 19.8 Å². The van der Waals surface area contributed by atoms with Crippen LogP contribution in [0.5, 0.6) is 0 Å². The van der Waals surface area contributed by atoms with E-state index in [0.717, 1.165) is 57.8 Å². The fraction of sp³-hybridized carbons (Fsp3) is 0.810. The van der Waals surface area contributed by atoms with Crippen molar-refractivity contribution in [1.82, 2.24) is 0 Å². The van der Waals surface area contributed by atoms with Gasteiger partial charge in [0, 0.05) is 12.8 Å². The molecule has 0 fully saturated rings. The van der Waals surface area contributed by atoms with Crippen molar-refractivity contribution in [2.24, 2.45) is 0 Å². The second kappa shape index (κ2) is 38.0. The van der Waals surface area contributed by atoms with E-state index in [-0.39, 0.29) is 32.0 Å². The zero-order valence-corrected chi connectivity index (χ0v) is 33.7. The number of phosphoric acid groups is 1. The molecule has 51 heavy (non-hydrogen) atoms. The van der Waals surface area contributed by atoms with Crippen LogP contribution in [-0.2, 0) is 32.7 Å². The van der Waals surface area contributed by atoms with Gasteiger partial charge in [0.05, 0.1) is 13.2 Å². The minimum atomic E-state index is -4.35. The summed E-state index contributed by atoms with van der Waals surface area (Å²) < 4.78 is 33.3. The number of carbonyl (C=O) groups is 2. The Labute approximate surface area is 313 Å². The van der Waals surface area contributed by atoms with E-state index in [9.17, 15) is 19.0 Å². The summed E-state index contributed by atoms with van der Waals surface area (Å²) in [5, 5.41) is 0. The van der Waals surface area contributed by atoms with E-state index in [4.69, 9.17) is 18.5 Å². The zero-order valence-electron chi connectivity index (χ0n) is 32.8. The van der Waals surface area contributed by atoms with Crippen LogP contribution >= 0.6 is 7.82 Å². The summed E-state index contributed by atoms with van der Waals surface area (Å²) >= 11 is 0. The highest BCUT2D eigenvalue weighted by Crippen LogP contribution is 2.43. The summed E-state index contributed by atoms with van der Waals surface area (Å²) in [4.78, 5) is 35.1. The smallest absolute Gasteiger partial charge is 0.462 e. The summed E-state index contributed by atoms with van der Waals surface area (Å²) in [5.41, 5.74) is 0. The topological polar surface area (TPSA) is 108 Å². The lowest BCUT2D eigenvalue weighted by atomic mass is 10.0. The van der Waals surface area contributed by atoms with Gasteiger partial charge < -0.3 is 14.4 Å². The average molecular weight is 741 g/mol. The Kier molecular flexibility index (Phi) is 36.7. The standard InChI is InChI=1S/C42H77O8P/c1-4-7-10-12-14-16-18-20-21-23-25-27-29-31-33-36-42(44)50-40(39-49-51(45,46)48-37-34-9-6-3)38-47-41(43)35-32-30-28-26-24-22-19-17-15-13-11-8-5-2/h6,14,16,20-21,40H,3-5,7-13,15,17-19,22-39H2,1-2H3,(H,45,46)/b16-14-,21-20-/t40-/m1/s1. The fourth-order valence-corrected chi connectivity index (χ4v) is 6.40. The van der Waals surface area contributed by atoms with Crippen LogP contribution < -0.4 is 0 Å². The van der Waals surface area contributed by atoms with Crippen molar-refractivity contribution in [3.05, 3.63) is 37.0 Å². The molecule has 1 N–H and O–H groups in total. The Morgan fingerprint density at radius 1 is 0.588 bits per heavy atom. The van der Waals surface area contributed by atoms with Crippen LogP contribution in [0.15, 0.2) is 37.0 Å². The fourth-order valence-electron chi connectivity index (χ4n) is 5.61.